The summed E-state index contributed by atoms with van der Waals surface area (Å²) >= 11 is 0. The third-order valence-corrected chi connectivity index (χ3v) is 6.19. The topological polar surface area (TPSA) is 0 Å². The molecule has 0 N–H and O–H groups in total. The van der Waals surface area contributed by atoms with Crippen molar-refractivity contribution in [3.63, 3.8) is 0 Å². The standard InChI is InChI=1S/C33H28F4/c1-2-4-23-9-13-26(14-10-23)28-17-19-29(20-18-28)27-15-11-24(12-16-27)7-8-25-21-31(34)30(32(35)22-25)5-3-6-33(36)37/h3,6-22,33H,2,4-5H2,1H3. The van der Waals surface area contributed by atoms with E-state index in [-0.39, 0.29) is 12.0 Å². The van der Waals surface area contributed by atoms with Crippen molar-refractivity contribution in [2.45, 2.75) is 32.6 Å². The summed E-state index contributed by atoms with van der Waals surface area (Å²) in [6.45, 7) is 2.18. The van der Waals surface area contributed by atoms with Gasteiger partial charge in [0.2, 0.25) is 0 Å². The molecule has 0 saturated carbocycles. The van der Waals surface area contributed by atoms with Crippen molar-refractivity contribution >= 4 is 12.2 Å². The minimum atomic E-state index is -2.65. The van der Waals surface area contributed by atoms with E-state index < -0.39 is 18.1 Å². The van der Waals surface area contributed by atoms with Gasteiger partial charge in [0.1, 0.15) is 11.6 Å². The molecular weight excluding hydrogens is 472 g/mol. The normalized spacial score (nSPS) is 11.7. The van der Waals surface area contributed by atoms with Crippen LogP contribution in [0.4, 0.5) is 17.6 Å². The second kappa shape index (κ2) is 12.4. The molecule has 0 atom stereocenters. The molecule has 4 aromatic rings. The molecule has 0 aliphatic rings. The third kappa shape index (κ3) is 7.07. The fourth-order valence-corrected chi connectivity index (χ4v) is 4.19. The summed E-state index contributed by atoms with van der Waals surface area (Å²) < 4.78 is 53.0. The molecule has 0 nitrogen and oxygen atoms in total. The Morgan fingerprint density at radius 1 is 0.649 bits per heavy atom. The highest BCUT2D eigenvalue weighted by atomic mass is 19.3. The predicted octanol–water partition coefficient (Wildman–Crippen LogP) is 9.79. The SMILES string of the molecule is CCCc1ccc(-c2ccc(-c3ccc(C=Cc4cc(F)c(CC=CC(F)F)c(F)c4)cc3)cc2)cc1. The van der Waals surface area contributed by atoms with E-state index in [9.17, 15) is 17.6 Å². The van der Waals surface area contributed by atoms with Crippen LogP contribution in [0.15, 0.2) is 97.1 Å². The summed E-state index contributed by atoms with van der Waals surface area (Å²) in [5.41, 5.74) is 6.90. The fraction of sp³-hybridized carbons (Fsp3) is 0.152. The summed E-state index contributed by atoms with van der Waals surface area (Å²) in [4.78, 5) is 0. The first-order valence-corrected chi connectivity index (χ1v) is 12.3. The number of alkyl halides is 2. The summed E-state index contributed by atoms with van der Waals surface area (Å²) in [6.07, 6.45) is 4.46. The van der Waals surface area contributed by atoms with Gasteiger partial charge >= 0.3 is 0 Å². The maximum Gasteiger partial charge on any atom is 0.257 e. The number of halogens is 4. The van der Waals surface area contributed by atoms with Gasteiger partial charge in [0, 0.05) is 5.56 Å². The smallest absolute Gasteiger partial charge is 0.207 e. The van der Waals surface area contributed by atoms with E-state index in [0.29, 0.717) is 11.6 Å². The fourth-order valence-electron chi connectivity index (χ4n) is 4.19. The van der Waals surface area contributed by atoms with Crippen molar-refractivity contribution in [1.29, 1.82) is 0 Å². The Balaban J connectivity index is 1.42. The number of rotatable bonds is 9. The van der Waals surface area contributed by atoms with Gasteiger partial charge in [-0.25, -0.2) is 17.6 Å². The lowest BCUT2D eigenvalue weighted by Crippen LogP contribution is -1.96. The first-order valence-electron chi connectivity index (χ1n) is 12.3. The van der Waals surface area contributed by atoms with Crippen molar-refractivity contribution in [3.05, 3.63) is 131 Å². The van der Waals surface area contributed by atoms with Crippen molar-refractivity contribution in [2.75, 3.05) is 0 Å². The Kier molecular flexibility index (Phi) is 8.73. The van der Waals surface area contributed by atoms with Crippen LogP contribution in [0.5, 0.6) is 0 Å². The van der Waals surface area contributed by atoms with Crippen LogP contribution in [0.1, 0.15) is 35.6 Å². The van der Waals surface area contributed by atoms with Crippen LogP contribution in [0.2, 0.25) is 0 Å². The van der Waals surface area contributed by atoms with Crippen LogP contribution in [-0.2, 0) is 12.8 Å². The minimum Gasteiger partial charge on any atom is -0.207 e. The molecule has 0 aliphatic carbocycles. The first-order chi connectivity index (χ1) is 17.9. The molecule has 4 heteroatoms. The van der Waals surface area contributed by atoms with Gasteiger partial charge in [0.05, 0.1) is 0 Å². The number of aryl methyl sites for hydroxylation is 1. The number of hydrogen-bond donors (Lipinski definition) is 0. The Hall–Kier alpha value is -3.92. The van der Waals surface area contributed by atoms with Crippen molar-refractivity contribution in [2.24, 2.45) is 0 Å². The molecule has 0 amide bonds. The molecule has 0 saturated heterocycles. The highest BCUT2D eigenvalue weighted by Gasteiger charge is 2.09. The van der Waals surface area contributed by atoms with E-state index in [1.165, 1.54) is 28.8 Å². The molecular formula is C33H28F4. The Labute approximate surface area is 215 Å². The third-order valence-electron chi connectivity index (χ3n) is 6.19. The van der Waals surface area contributed by atoms with Crippen LogP contribution < -0.4 is 0 Å². The lowest BCUT2D eigenvalue weighted by Gasteiger charge is -2.07. The average Bonchev–Trinajstić information content (AvgIpc) is 2.90. The van der Waals surface area contributed by atoms with E-state index in [1.54, 1.807) is 12.2 Å². The highest BCUT2D eigenvalue weighted by molar-refractivity contribution is 5.74. The van der Waals surface area contributed by atoms with Crippen LogP contribution in [-0.4, -0.2) is 6.43 Å². The zero-order valence-electron chi connectivity index (χ0n) is 20.6. The largest absolute Gasteiger partial charge is 0.257 e. The number of benzene rings is 4. The van der Waals surface area contributed by atoms with Crippen LogP contribution >= 0.6 is 0 Å². The maximum atomic E-state index is 14.3. The van der Waals surface area contributed by atoms with Gasteiger partial charge in [0.15, 0.2) is 0 Å². The van der Waals surface area contributed by atoms with Gasteiger partial charge in [-0.15, -0.1) is 0 Å². The lowest BCUT2D eigenvalue weighted by atomic mass is 9.98. The lowest BCUT2D eigenvalue weighted by molar-refractivity contribution is 0.204. The van der Waals surface area contributed by atoms with Crippen molar-refractivity contribution in [1.82, 2.24) is 0 Å². The second-order valence-corrected chi connectivity index (χ2v) is 8.91. The molecule has 0 unspecified atom stereocenters. The van der Waals surface area contributed by atoms with Gasteiger partial charge in [-0.2, -0.15) is 0 Å². The molecule has 0 bridgehead atoms. The minimum absolute atomic E-state index is 0.223. The van der Waals surface area contributed by atoms with Crippen molar-refractivity contribution < 1.29 is 17.6 Å². The molecule has 4 aromatic carbocycles. The van der Waals surface area contributed by atoms with Crippen LogP contribution in [0, 0.1) is 11.6 Å². The summed E-state index contributed by atoms with van der Waals surface area (Å²) in [6, 6.07) is 27.5. The average molecular weight is 501 g/mol. The predicted molar refractivity (Wildman–Crippen MR) is 145 cm³/mol. The molecule has 0 fully saturated rings. The van der Waals surface area contributed by atoms with E-state index in [0.717, 1.165) is 35.6 Å². The quantitative estimate of drug-likeness (QED) is 0.122. The summed E-state index contributed by atoms with van der Waals surface area (Å²) in [5.74, 6) is -1.51. The van der Waals surface area contributed by atoms with Crippen LogP contribution in [0.3, 0.4) is 0 Å². The molecule has 0 spiro atoms. The molecule has 37 heavy (non-hydrogen) atoms. The number of allylic oxidation sites excluding steroid dienone is 2. The molecule has 0 radical (unpaired) electrons. The molecule has 188 valence electrons. The Morgan fingerprint density at radius 3 is 1.59 bits per heavy atom. The van der Waals surface area contributed by atoms with E-state index >= 15 is 0 Å². The zero-order valence-corrected chi connectivity index (χ0v) is 20.6. The van der Waals surface area contributed by atoms with Gasteiger partial charge in [-0.1, -0.05) is 104 Å². The number of hydrogen-bond acceptors (Lipinski definition) is 0. The zero-order chi connectivity index (χ0) is 26.2. The monoisotopic (exact) mass is 500 g/mol. The highest BCUT2D eigenvalue weighted by Crippen LogP contribution is 2.26. The van der Waals surface area contributed by atoms with Crippen molar-refractivity contribution in [3.8, 4) is 22.3 Å². The van der Waals surface area contributed by atoms with E-state index in [2.05, 4.69) is 55.5 Å². The molecule has 0 aromatic heterocycles. The molecule has 4 rings (SSSR count). The first kappa shape index (κ1) is 26.2. The van der Waals surface area contributed by atoms with Gasteiger partial charge in [-0.3, -0.25) is 0 Å². The van der Waals surface area contributed by atoms with Crippen LogP contribution in [0.25, 0.3) is 34.4 Å². The van der Waals surface area contributed by atoms with Gasteiger partial charge in [0.25, 0.3) is 6.43 Å². The second-order valence-electron chi connectivity index (χ2n) is 8.91. The summed E-state index contributed by atoms with van der Waals surface area (Å²) in [7, 11) is 0. The Bertz CT molecular complexity index is 1340. The van der Waals surface area contributed by atoms with Gasteiger partial charge < -0.3 is 0 Å². The molecule has 0 aliphatic heterocycles. The Morgan fingerprint density at radius 2 is 1.11 bits per heavy atom. The van der Waals surface area contributed by atoms with E-state index in [4.69, 9.17) is 0 Å². The molecule has 0 heterocycles. The van der Waals surface area contributed by atoms with E-state index in [1.807, 2.05) is 24.3 Å². The van der Waals surface area contributed by atoms with Gasteiger partial charge in [-0.05, 0) is 70.0 Å². The summed E-state index contributed by atoms with van der Waals surface area (Å²) in [5, 5.41) is 0. The maximum absolute atomic E-state index is 14.3.